The summed E-state index contributed by atoms with van der Waals surface area (Å²) in [6.07, 6.45) is 5.73. The summed E-state index contributed by atoms with van der Waals surface area (Å²) >= 11 is 1.76. The molecule has 10 heteroatoms. The second-order valence-electron chi connectivity index (χ2n) is 12.4. The molecule has 2 aromatic heterocycles. The molecule has 1 fully saturated rings. The van der Waals surface area contributed by atoms with Gasteiger partial charge in [-0.05, 0) is 74.5 Å². The first kappa shape index (κ1) is 34.6. The van der Waals surface area contributed by atoms with E-state index in [0.717, 1.165) is 68.8 Å². The third-order valence-electron chi connectivity index (χ3n) is 8.88. The summed E-state index contributed by atoms with van der Waals surface area (Å²) in [5.74, 6) is 3.08. The van der Waals surface area contributed by atoms with E-state index in [9.17, 15) is 4.79 Å². The molecular weight excluding hydrogens is 609 g/mol. The molecule has 2 N–H and O–H groups in total. The molecule has 9 nitrogen and oxygen atoms in total. The number of benzene rings is 2. The van der Waals surface area contributed by atoms with E-state index in [-0.39, 0.29) is 11.9 Å². The van der Waals surface area contributed by atoms with Gasteiger partial charge in [0.25, 0.3) is 0 Å². The zero-order valence-corrected chi connectivity index (χ0v) is 29.4. The molecule has 0 radical (unpaired) electrons. The topological polar surface area (TPSA) is 91.9 Å². The second kappa shape index (κ2) is 16.9. The van der Waals surface area contributed by atoms with Crippen molar-refractivity contribution in [3.05, 3.63) is 64.1 Å². The molecule has 1 aliphatic rings. The van der Waals surface area contributed by atoms with Crippen molar-refractivity contribution in [2.45, 2.75) is 65.5 Å². The smallest absolute Gasteiger partial charge is 0.219 e. The minimum Gasteiger partial charge on any atom is -0.493 e. The first-order valence-corrected chi connectivity index (χ1v) is 17.8. The predicted octanol–water partition coefficient (Wildman–Crippen LogP) is 7.06. The molecule has 1 unspecified atom stereocenters. The number of nitrogens with one attached hydrogen (secondary N) is 2. The normalized spacial score (nSPS) is 14.4. The Morgan fingerprint density at radius 3 is 2.53 bits per heavy atom. The number of rotatable bonds is 16. The van der Waals surface area contributed by atoms with Gasteiger partial charge in [-0.25, -0.2) is 9.97 Å². The molecule has 4 aromatic rings. The molecule has 0 saturated carbocycles. The third kappa shape index (κ3) is 9.21. The number of fused-ring (bicyclic) bond motifs is 1. The number of anilines is 1. The summed E-state index contributed by atoms with van der Waals surface area (Å²) in [6.45, 7) is 12.0. The van der Waals surface area contributed by atoms with Crippen molar-refractivity contribution in [3.8, 4) is 22.6 Å². The van der Waals surface area contributed by atoms with E-state index in [1.807, 2.05) is 31.0 Å². The van der Waals surface area contributed by atoms with Crippen molar-refractivity contribution in [2.24, 2.45) is 0 Å². The minimum atomic E-state index is 0.0570. The number of hydrogen-bond acceptors (Lipinski definition) is 9. The van der Waals surface area contributed by atoms with E-state index in [2.05, 4.69) is 58.2 Å². The predicted molar refractivity (Wildman–Crippen MR) is 193 cm³/mol. The number of amides is 1. The zero-order chi connectivity index (χ0) is 33.2. The lowest BCUT2D eigenvalue weighted by atomic mass is 10.0. The Labute approximate surface area is 283 Å². The number of piperazine rings is 1. The average molecular weight is 659 g/mol. The Morgan fingerprint density at radius 2 is 1.77 bits per heavy atom. The Kier molecular flexibility index (Phi) is 12.4. The molecule has 5 rings (SSSR count). The lowest BCUT2D eigenvalue weighted by molar-refractivity contribution is -0.130. The minimum absolute atomic E-state index is 0.0570. The summed E-state index contributed by atoms with van der Waals surface area (Å²) in [5, 5.41) is 10.1. The number of carbonyl (C=O) groups excluding carboxylic acids is 1. The van der Waals surface area contributed by atoms with Gasteiger partial charge in [0, 0.05) is 56.0 Å². The lowest BCUT2D eigenvalue weighted by Gasteiger charge is -2.34. The van der Waals surface area contributed by atoms with Crippen LogP contribution in [0.15, 0.2) is 47.8 Å². The highest BCUT2D eigenvalue weighted by Gasteiger charge is 2.19. The highest BCUT2D eigenvalue weighted by Crippen LogP contribution is 2.37. The number of aromatic nitrogens is 2. The summed E-state index contributed by atoms with van der Waals surface area (Å²) < 4.78 is 12.0. The molecule has 1 atom stereocenters. The van der Waals surface area contributed by atoms with Crippen LogP contribution in [0.1, 0.15) is 68.3 Å². The van der Waals surface area contributed by atoms with Crippen LogP contribution in [0.2, 0.25) is 0 Å². The van der Waals surface area contributed by atoms with Crippen LogP contribution in [0, 0.1) is 6.92 Å². The molecule has 1 saturated heterocycles. The molecule has 0 bridgehead atoms. The molecular formula is C37H50N6O3S. The van der Waals surface area contributed by atoms with Crippen molar-refractivity contribution in [3.63, 3.8) is 0 Å². The Balaban J connectivity index is 1.14. The number of thiophene rings is 1. The number of hydrogen-bond donors (Lipinski definition) is 2. The van der Waals surface area contributed by atoms with Crippen molar-refractivity contribution in [1.82, 2.24) is 25.1 Å². The molecule has 3 heterocycles. The highest BCUT2D eigenvalue weighted by molar-refractivity contribution is 7.10. The largest absolute Gasteiger partial charge is 0.493 e. The highest BCUT2D eigenvalue weighted by atomic mass is 32.1. The van der Waals surface area contributed by atoms with Crippen LogP contribution in [-0.4, -0.2) is 79.2 Å². The maximum absolute atomic E-state index is 11.5. The first-order chi connectivity index (χ1) is 22.9. The number of methoxy groups -OCH3 is 1. The van der Waals surface area contributed by atoms with Gasteiger partial charge in [0.2, 0.25) is 5.91 Å². The molecule has 0 spiro atoms. The van der Waals surface area contributed by atoms with Gasteiger partial charge in [-0.3, -0.25) is 9.69 Å². The molecule has 1 aliphatic heterocycles. The van der Waals surface area contributed by atoms with Crippen LogP contribution in [0.25, 0.3) is 22.0 Å². The van der Waals surface area contributed by atoms with E-state index in [1.165, 1.54) is 40.8 Å². The Hall–Kier alpha value is -3.73. The maximum Gasteiger partial charge on any atom is 0.219 e. The fraction of sp³-hybridized carbons (Fsp3) is 0.486. The van der Waals surface area contributed by atoms with Crippen LogP contribution in [0.3, 0.4) is 0 Å². The van der Waals surface area contributed by atoms with Crippen LogP contribution < -0.4 is 20.1 Å². The fourth-order valence-electron chi connectivity index (χ4n) is 6.22. The lowest BCUT2D eigenvalue weighted by Crippen LogP contribution is -2.48. The van der Waals surface area contributed by atoms with Gasteiger partial charge < -0.3 is 25.0 Å². The first-order valence-electron chi connectivity index (χ1n) is 16.9. The quantitative estimate of drug-likeness (QED) is 0.124. The van der Waals surface area contributed by atoms with E-state index >= 15 is 0 Å². The third-order valence-corrected chi connectivity index (χ3v) is 10.00. The molecule has 252 valence electrons. The molecule has 1 amide bonds. The van der Waals surface area contributed by atoms with Crippen LogP contribution in [0.5, 0.6) is 11.5 Å². The maximum atomic E-state index is 11.5. The number of unbranched alkanes of at least 4 members (excludes halogenated alkanes) is 4. The zero-order valence-electron chi connectivity index (χ0n) is 28.6. The van der Waals surface area contributed by atoms with E-state index in [4.69, 9.17) is 19.4 Å². The van der Waals surface area contributed by atoms with Gasteiger partial charge in [0.05, 0.1) is 25.3 Å². The van der Waals surface area contributed by atoms with Gasteiger partial charge in [-0.2, -0.15) is 0 Å². The van der Waals surface area contributed by atoms with Gasteiger partial charge in [0.1, 0.15) is 11.6 Å². The second-order valence-corrected chi connectivity index (χ2v) is 13.3. The summed E-state index contributed by atoms with van der Waals surface area (Å²) in [6, 6.07) is 14.9. The SMILES string of the molecule is CNCc1ccccc1-c1csc(C(C)Nc2nc(C)nc3cc(OCCCCCCCN4CCN(C(C)=O)CC4)c(OC)cc23)c1. The van der Waals surface area contributed by atoms with Gasteiger partial charge in [-0.1, -0.05) is 43.5 Å². The molecule has 2 aromatic carbocycles. The molecule has 0 aliphatic carbocycles. The average Bonchev–Trinajstić information content (AvgIpc) is 3.57. The summed E-state index contributed by atoms with van der Waals surface area (Å²) in [7, 11) is 3.66. The van der Waals surface area contributed by atoms with Crippen molar-refractivity contribution < 1.29 is 14.3 Å². The Bertz CT molecular complexity index is 1620. The monoisotopic (exact) mass is 658 g/mol. The van der Waals surface area contributed by atoms with Crippen LogP contribution in [0.4, 0.5) is 5.82 Å². The van der Waals surface area contributed by atoms with Crippen LogP contribution >= 0.6 is 11.3 Å². The molecule has 47 heavy (non-hydrogen) atoms. The fourth-order valence-corrected chi connectivity index (χ4v) is 7.13. The van der Waals surface area contributed by atoms with Crippen molar-refractivity contribution >= 4 is 34.0 Å². The summed E-state index contributed by atoms with van der Waals surface area (Å²) in [5.41, 5.74) is 4.61. The van der Waals surface area contributed by atoms with Crippen molar-refractivity contribution in [2.75, 3.05) is 58.8 Å². The van der Waals surface area contributed by atoms with Crippen molar-refractivity contribution in [1.29, 1.82) is 0 Å². The van der Waals surface area contributed by atoms with E-state index < -0.39 is 0 Å². The summed E-state index contributed by atoms with van der Waals surface area (Å²) in [4.78, 5) is 26.7. The van der Waals surface area contributed by atoms with Gasteiger partial charge in [-0.15, -0.1) is 11.3 Å². The van der Waals surface area contributed by atoms with Crippen LogP contribution in [-0.2, 0) is 11.3 Å². The Morgan fingerprint density at radius 1 is 1.00 bits per heavy atom. The number of carbonyl (C=O) groups is 1. The van der Waals surface area contributed by atoms with Gasteiger partial charge >= 0.3 is 0 Å². The number of aryl methyl sites for hydroxylation is 1. The van der Waals surface area contributed by atoms with E-state index in [0.29, 0.717) is 23.9 Å². The van der Waals surface area contributed by atoms with Gasteiger partial charge in [0.15, 0.2) is 11.5 Å². The number of ether oxygens (including phenoxy) is 2. The standard InChI is InChI=1S/C37H50N6O3S/c1-26(36-21-30(25-47-36)31-14-10-9-13-29(31)24-38-4)39-37-32-22-34(45-5)35(23-33(32)40-27(2)41-37)46-20-12-8-6-7-11-15-42-16-18-43(19-17-42)28(3)44/h9-10,13-14,21-23,25-26,38H,6-8,11-12,15-20,24H2,1-5H3,(H,39,40,41). The van der Waals surface area contributed by atoms with E-state index in [1.54, 1.807) is 25.4 Å². The number of nitrogens with zero attached hydrogens (tertiary/aromatic N) is 4.